The van der Waals surface area contributed by atoms with Crippen molar-refractivity contribution in [2.75, 3.05) is 5.75 Å². The van der Waals surface area contributed by atoms with Crippen molar-refractivity contribution in [3.63, 3.8) is 0 Å². The number of hydrogen-bond acceptors (Lipinski definition) is 5. The molecule has 0 aromatic carbocycles. The zero-order valence-corrected chi connectivity index (χ0v) is 11.2. The largest absolute Gasteiger partial charge is 0.481 e. The van der Waals surface area contributed by atoms with Gasteiger partial charge in [-0.15, -0.1) is 0 Å². The highest BCUT2D eigenvalue weighted by Crippen LogP contribution is 2.02. The molecule has 0 aliphatic carbocycles. The molecule has 1 unspecified atom stereocenters. The summed E-state index contributed by atoms with van der Waals surface area (Å²) >= 11 is 0. The SMILES string of the molecule is O=C(O)CC(NS(=O)(=O)CCc1ccncc1)C(=O)O. The molecule has 0 saturated heterocycles. The van der Waals surface area contributed by atoms with E-state index in [0.717, 1.165) is 5.56 Å². The molecule has 20 heavy (non-hydrogen) atoms. The molecule has 110 valence electrons. The minimum absolute atomic E-state index is 0.178. The Bertz CT molecular complexity index is 572. The number of nitrogens with zero attached hydrogens (tertiary/aromatic N) is 1. The number of hydrogen-bond donors (Lipinski definition) is 3. The van der Waals surface area contributed by atoms with E-state index >= 15 is 0 Å². The number of aryl methyl sites for hydroxylation is 1. The molecular formula is C11H14N2O6S. The van der Waals surface area contributed by atoms with Crippen LogP contribution in [0.25, 0.3) is 0 Å². The van der Waals surface area contributed by atoms with E-state index in [1.165, 1.54) is 12.4 Å². The van der Waals surface area contributed by atoms with Gasteiger partial charge in [-0.05, 0) is 24.1 Å². The molecule has 0 spiro atoms. The fourth-order valence-corrected chi connectivity index (χ4v) is 2.67. The highest BCUT2D eigenvalue weighted by molar-refractivity contribution is 7.89. The number of aliphatic carboxylic acids is 2. The molecule has 8 nitrogen and oxygen atoms in total. The van der Waals surface area contributed by atoms with Crippen LogP contribution >= 0.6 is 0 Å². The van der Waals surface area contributed by atoms with Crippen molar-refractivity contribution in [1.82, 2.24) is 9.71 Å². The Morgan fingerprint density at radius 2 is 1.85 bits per heavy atom. The zero-order valence-electron chi connectivity index (χ0n) is 10.4. The van der Waals surface area contributed by atoms with Gasteiger partial charge in [0.05, 0.1) is 12.2 Å². The van der Waals surface area contributed by atoms with Gasteiger partial charge in [0.2, 0.25) is 10.0 Å². The number of carboxylic acid groups (broad SMARTS) is 2. The van der Waals surface area contributed by atoms with E-state index in [1.54, 1.807) is 12.1 Å². The topological polar surface area (TPSA) is 134 Å². The molecule has 0 aliphatic heterocycles. The van der Waals surface area contributed by atoms with Crippen LogP contribution in [0.1, 0.15) is 12.0 Å². The Labute approximate surface area is 115 Å². The summed E-state index contributed by atoms with van der Waals surface area (Å²) in [7, 11) is -3.88. The van der Waals surface area contributed by atoms with Crippen LogP contribution in [0.2, 0.25) is 0 Å². The predicted molar refractivity (Wildman–Crippen MR) is 68.5 cm³/mol. The summed E-state index contributed by atoms with van der Waals surface area (Å²) in [5, 5.41) is 17.3. The quantitative estimate of drug-likeness (QED) is 0.587. The summed E-state index contributed by atoms with van der Waals surface area (Å²) in [6.45, 7) is 0. The van der Waals surface area contributed by atoms with Crippen LogP contribution < -0.4 is 4.72 Å². The first-order valence-electron chi connectivity index (χ1n) is 5.63. The fraction of sp³-hybridized carbons (Fsp3) is 0.364. The lowest BCUT2D eigenvalue weighted by Gasteiger charge is -2.12. The summed E-state index contributed by atoms with van der Waals surface area (Å²) in [4.78, 5) is 25.0. The minimum Gasteiger partial charge on any atom is -0.481 e. The Balaban J connectivity index is 2.63. The average Bonchev–Trinajstić information content (AvgIpc) is 2.36. The summed E-state index contributed by atoms with van der Waals surface area (Å²) in [6.07, 6.45) is 2.39. The Morgan fingerprint density at radius 1 is 1.25 bits per heavy atom. The van der Waals surface area contributed by atoms with Crippen LogP contribution in [0.15, 0.2) is 24.5 Å². The van der Waals surface area contributed by atoms with E-state index in [4.69, 9.17) is 10.2 Å². The number of pyridine rings is 1. The van der Waals surface area contributed by atoms with Gasteiger partial charge in [-0.1, -0.05) is 0 Å². The number of carboxylic acids is 2. The average molecular weight is 302 g/mol. The zero-order chi connectivity index (χ0) is 15.2. The third-order valence-electron chi connectivity index (χ3n) is 2.41. The van der Waals surface area contributed by atoms with Crippen LogP contribution in [0.3, 0.4) is 0 Å². The van der Waals surface area contributed by atoms with Crippen molar-refractivity contribution in [2.45, 2.75) is 18.9 Å². The molecule has 0 radical (unpaired) electrons. The second-order valence-electron chi connectivity index (χ2n) is 4.03. The maximum absolute atomic E-state index is 11.7. The van der Waals surface area contributed by atoms with E-state index < -0.39 is 34.4 Å². The van der Waals surface area contributed by atoms with Gasteiger partial charge in [0.15, 0.2) is 0 Å². The lowest BCUT2D eigenvalue weighted by atomic mass is 10.2. The first-order valence-corrected chi connectivity index (χ1v) is 7.29. The van der Waals surface area contributed by atoms with Crippen LogP contribution in [-0.2, 0) is 26.0 Å². The van der Waals surface area contributed by atoms with Gasteiger partial charge in [-0.3, -0.25) is 14.6 Å². The molecule has 3 N–H and O–H groups in total. The van der Waals surface area contributed by atoms with E-state index in [-0.39, 0.29) is 12.2 Å². The van der Waals surface area contributed by atoms with Crippen LogP contribution in [0.5, 0.6) is 0 Å². The predicted octanol–water partition coefficient (Wildman–Crippen LogP) is -0.529. The summed E-state index contributed by atoms with van der Waals surface area (Å²) in [5.41, 5.74) is 0.732. The molecule has 1 atom stereocenters. The highest BCUT2D eigenvalue weighted by Gasteiger charge is 2.26. The van der Waals surface area contributed by atoms with Gasteiger partial charge in [-0.25, -0.2) is 13.1 Å². The van der Waals surface area contributed by atoms with Crippen LogP contribution in [0, 0.1) is 0 Å². The fourth-order valence-electron chi connectivity index (χ4n) is 1.43. The van der Waals surface area contributed by atoms with Gasteiger partial charge in [0.1, 0.15) is 6.04 Å². The third-order valence-corrected chi connectivity index (χ3v) is 3.79. The van der Waals surface area contributed by atoms with Crippen molar-refractivity contribution in [3.8, 4) is 0 Å². The smallest absolute Gasteiger partial charge is 0.322 e. The summed E-state index contributed by atoms with van der Waals surface area (Å²) in [5.74, 6) is -3.26. The molecule has 1 aromatic heterocycles. The van der Waals surface area contributed by atoms with Gasteiger partial charge in [0.25, 0.3) is 0 Å². The standard InChI is InChI=1S/C11H14N2O6S/c14-10(15)7-9(11(16)17)13-20(18,19)6-3-8-1-4-12-5-2-8/h1-2,4-5,9,13H,3,6-7H2,(H,14,15)(H,16,17). The minimum atomic E-state index is -3.88. The molecule has 1 aromatic rings. The summed E-state index contributed by atoms with van der Waals surface area (Å²) < 4.78 is 25.3. The van der Waals surface area contributed by atoms with Gasteiger partial charge >= 0.3 is 11.9 Å². The molecule has 0 bridgehead atoms. The third kappa shape index (κ3) is 5.76. The molecule has 0 saturated carbocycles. The number of nitrogens with one attached hydrogen (secondary N) is 1. The molecule has 0 fully saturated rings. The van der Waals surface area contributed by atoms with E-state index in [2.05, 4.69) is 4.98 Å². The van der Waals surface area contributed by atoms with Crippen molar-refractivity contribution in [3.05, 3.63) is 30.1 Å². The van der Waals surface area contributed by atoms with Gasteiger partial charge in [0, 0.05) is 12.4 Å². The lowest BCUT2D eigenvalue weighted by Crippen LogP contribution is -2.43. The van der Waals surface area contributed by atoms with Crippen LogP contribution in [-0.4, -0.2) is 47.3 Å². The van der Waals surface area contributed by atoms with Crippen molar-refractivity contribution >= 4 is 22.0 Å². The molecule has 0 aliphatic rings. The van der Waals surface area contributed by atoms with E-state index in [9.17, 15) is 18.0 Å². The molecule has 0 amide bonds. The Kier molecular flexibility index (Phi) is 5.59. The molecule has 1 heterocycles. The van der Waals surface area contributed by atoms with Gasteiger partial charge in [-0.2, -0.15) is 0 Å². The lowest BCUT2D eigenvalue weighted by molar-refractivity contribution is -0.145. The maximum atomic E-state index is 11.7. The Hall–Kier alpha value is -2.00. The number of sulfonamides is 1. The molecule has 9 heteroatoms. The second-order valence-corrected chi connectivity index (χ2v) is 5.90. The van der Waals surface area contributed by atoms with Crippen LogP contribution in [0.4, 0.5) is 0 Å². The van der Waals surface area contributed by atoms with Crippen molar-refractivity contribution < 1.29 is 28.2 Å². The molecular weight excluding hydrogens is 288 g/mol. The normalized spacial score (nSPS) is 12.8. The van der Waals surface area contributed by atoms with E-state index in [0.29, 0.717) is 0 Å². The first-order chi connectivity index (χ1) is 9.30. The van der Waals surface area contributed by atoms with E-state index in [1.807, 2.05) is 4.72 Å². The van der Waals surface area contributed by atoms with Crippen molar-refractivity contribution in [1.29, 1.82) is 0 Å². The first kappa shape index (κ1) is 16.1. The van der Waals surface area contributed by atoms with Gasteiger partial charge < -0.3 is 10.2 Å². The second kappa shape index (κ2) is 6.96. The highest BCUT2D eigenvalue weighted by atomic mass is 32.2. The number of aromatic nitrogens is 1. The number of rotatable bonds is 8. The Morgan fingerprint density at radius 3 is 2.35 bits per heavy atom. The number of carbonyl (C=O) groups is 2. The summed E-state index contributed by atoms with van der Waals surface area (Å²) in [6, 6.07) is 1.61. The van der Waals surface area contributed by atoms with Crippen molar-refractivity contribution in [2.24, 2.45) is 0 Å². The monoisotopic (exact) mass is 302 g/mol. The maximum Gasteiger partial charge on any atom is 0.322 e. The molecule has 1 rings (SSSR count).